The van der Waals surface area contributed by atoms with E-state index in [0.29, 0.717) is 11.1 Å². The summed E-state index contributed by atoms with van der Waals surface area (Å²) in [6.07, 6.45) is -2.82. The molecule has 0 saturated heterocycles. The van der Waals surface area contributed by atoms with Gasteiger partial charge in [0.25, 0.3) is 0 Å². The third-order valence-electron chi connectivity index (χ3n) is 3.05. The van der Waals surface area contributed by atoms with E-state index < -0.39 is 17.3 Å². The molecule has 2 N–H and O–H groups in total. The molecule has 1 aromatic carbocycles. The van der Waals surface area contributed by atoms with Gasteiger partial charge in [-0.3, -0.25) is 0 Å². The SMILES string of the molecule is NC1(c2onc3cc(C(F)(F)F)ccc23)CC1. The van der Waals surface area contributed by atoms with Gasteiger partial charge < -0.3 is 10.3 Å². The number of nitrogens with zero attached hydrogens (tertiary/aromatic N) is 1. The van der Waals surface area contributed by atoms with E-state index in [1.54, 1.807) is 0 Å². The molecule has 1 heterocycles. The highest BCUT2D eigenvalue weighted by Crippen LogP contribution is 2.45. The Kier molecular flexibility index (Phi) is 1.87. The van der Waals surface area contributed by atoms with Crippen molar-refractivity contribution in [1.29, 1.82) is 0 Å². The molecule has 1 fully saturated rings. The molecule has 3 nitrogen and oxygen atoms in total. The molecule has 0 aliphatic heterocycles. The number of halogens is 3. The Morgan fingerprint density at radius 2 is 2.00 bits per heavy atom. The number of hydrogen-bond acceptors (Lipinski definition) is 3. The third-order valence-corrected chi connectivity index (χ3v) is 3.05. The van der Waals surface area contributed by atoms with Crippen molar-refractivity contribution in [1.82, 2.24) is 5.16 Å². The summed E-state index contributed by atoms with van der Waals surface area (Å²) in [4.78, 5) is 0. The lowest BCUT2D eigenvalue weighted by atomic mass is 10.1. The molecule has 1 aliphatic rings. The molecule has 0 radical (unpaired) electrons. The summed E-state index contributed by atoms with van der Waals surface area (Å²) in [6.45, 7) is 0. The number of rotatable bonds is 1. The summed E-state index contributed by atoms with van der Waals surface area (Å²) in [5.41, 5.74) is 4.88. The number of alkyl halides is 3. The van der Waals surface area contributed by atoms with Crippen molar-refractivity contribution in [2.45, 2.75) is 24.6 Å². The molecule has 1 saturated carbocycles. The molecule has 0 amide bonds. The second kappa shape index (κ2) is 3.01. The molecule has 0 spiro atoms. The number of aromatic nitrogens is 1. The molecule has 90 valence electrons. The zero-order valence-electron chi connectivity index (χ0n) is 8.71. The molecular formula is C11H9F3N2O. The first-order valence-corrected chi connectivity index (χ1v) is 5.16. The molecule has 0 atom stereocenters. The lowest BCUT2D eigenvalue weighted by molar-refractivity contribution is -0.137. The lowest BCUT2D eigenvalue weighted by Gasteiger charge is -2.06. The minimum Gasteiger partial charge on any atom is -0.358 e. The highest BCUT2D eigenvalue weighted by atomic mass is 19.4. The number of hydrogen-bond donors (Lipinski definition) is 1. The number of nitrogens with two attached hydrogens (primary N) is 1. The van der Waals surface area contributed by atoms with Gasteiger partial charge in [-0.2, -0.15) is 13.2 Å². The van der Waals surface area contributed by atoms with Gasteiger partial charge in [-0.1, -0.05) is 5.16 Å². The summed E-state index contributed by atoms with van der Waals surface area (Å²) in [7, 11) is 0. The molecule has 0 bridgehead atoms. The summed E-state index contributed by atoms with van der Waals surface area (Å²) in [5, 5.41) is 4.21. The largest absolute Gasteiger partial charge is 0.416 e. The summed E-state index contributed by atoms with van der Waals surface area (Å²) in [6, 6.07) is 3.37. The van der Waals surface area contributed by atoms with E-state index in [9.17, 15) is 13.2 Å². The van der Waals surface area contributed by atoms with Gasteiger partial charge in [0.05, 0.1) is 11.1 Å². The maximum Gasteiger partial charge on any atom is 0.416 e. The first kappa shape index (κ1) is 10.6. The Morgan fingerprint density at radius 3 is 2.59 bits per heavy atom. The molecule has 17 heavy (non-hydrogen) atoms. The zero-order chi connectivity index (χ0) is 12.3. The Hall–Kier alpha value is -1.56. The normalized spacial score (nSPS) is 18.6. The predicted octanol–water partition coefficient (Wildman–Crippen LogP) is 2.79. The standard InChI is InChI=1S/C11H9F3N2O/c12-11(13,14)6-1-2-7-8(5-6)16-17-9(7)10(15)3-4-10/h1-2,5H,3-4,15H2. The minimum absolute atomic E-state index is 0.201. The smallest absolute Gasteiger partial charge is 0.358 e. The fraction of sp³-hybridized carbons (Fsp3) is 0.364. The van der Waals surface area contributed by atoms with Crippen LogP contribution < -0.4 is 5.73 Å². The van der Waals surface area contributed by atoms with Gasteiger partial charge in [-0.05, 0) is 31.0 Å². The van der Waals surface area contributed by atoms with Gasteiger partial charge in [-0.25, -0.2) is 0 Å². The van der Waals surface area contributed by atoms with Crippen LogP contribution in [0.15, 0.2) is 22.7 Å². The first-order valence-electron chi connectivity index (χ1n) is 5.16. The van der Waals surface area contributed by atoms with E-state index in [1.807, 2.05) is 0 Å². The summed E-state index contributed by atoms with van der Waals surface area (Å²) >= 11 is 0. The van der Waals surface area contributed by atoms with E-state index in [-0.39, 0.29) is 5.52 Å². The molecule has 2 aromatic rings. The predicted molar refractivity (Wildman–Crippen MR) is 54.1 cm³/mol. The van der Waals surface area contributed by atoms with Crippen LogP contribution in [0, 0.1) is 0 Å². The summed E-state index contributed by atoms with van der Waals surface area (Å²) < 4.78 is 42.5. The lowest BCUT2D eigenvalue weighted by Crippen LogP contribution is -2.17. The van der Waals surface area contributed by atoms with Crippen molar-refractivity contribution in [2.75, 3.05) is 0 Å². The quantitative estimate of drug-likeness (QED) is 0.836. The maximum atomic E-state index is 12.5. The van der Waals surface area contributed by atoms with Crippen molar-refractivity contribution in [3.63, 3.8) is 0 Å². The van der Waals surface area contributed by atoms with E-state index >= 15 is 0 Å². The van der Waals surface area contributed by atoms with Crippen molar-refractivity contribution in [3.8, 4) is 0 Å². The number of fused-ring (bicyclic) bond motifs is 1. The van der Waals surface area contributed by atoms with Crippen LogP contribution >= 0.6 is 0 Å². The van der Waals surface area contributed by atoms with Crippen LogP contribution in [0.25, 0.3) is 10.9 Å². The fourth-order valence-electron chi connectivity index (χ4n) is 1.84. The van der Waals surface area contributed by atoms with Crippen molar-refractivity contribution in [3.05, 3.63) is 29.5 Å². The third kappa shape index (κ3) is 1.59. The highest BCUT2D eigenvalue weighted by molar-refractivity contribution is 5.82. The Bertz CT molecular complexity index is 584. The van der Waals surface area contributed by atoms with Crippen molar-refractivity contribution in [2.24, 2.45) is 5.73 Å². The van der Waals surface area contributed by atoms with Crippen LogP contribution in [0.1, 0.15) is 24.2 Å². The Balaban J connectivity index is 2.14. The van der Waals surface area contributed by atoms with Crippen LogP contribution in [0.5, 0.6) is 0 Å². The van der Waals surface area contributed by atoms with Gasteiger partial charge in [-0.15, -0.1) is 0 Å². The minimum atomic E-state index is -4.37. The highest BCUT2D eigenvalue weighted by Gasteiger charge is 2.45. The van der Waals surface area contributed by atoms with E-state index in [0.717, 1.165) is 25.0 Å². The Morgan fingerprint density at radius 1 is 1.29 bits per heavy atom. The molecule has 3 rings (SSSR count). The molecule has 1 aromatic heterocycles. The molecule has 6 heteroatoms. The topological polar surface area (TPSA) is 52.0 Å². The van der Waals surface area contributed by atoms with Gasteiger partial charge in [0, 0.05) is 5.39 Å². The second-order valence-corrected chi connectivity index (χ2v) is 4.40. The zero-order valence-corrected chi connectivity index (χ0v) is 8.71. The van der Waals surface area contributed by atoms with Crippen molar-refractivity contribution < 1.29 is 17.7 Å². The van der Waals surface area contributed by atoms with Gasteiger partial charge in [0.15, 0.2) is 5.76 Å². The summed E-state index contributed by atoms with van der Waals surface area (Å²) in [5.74, 6) is 0.487. The van der Waals surface area contributed by atoms with Gasteiger partial charge in [0.1, 0.15) is 5.52 Å². The van der Waals surface area contributed by atoms with E-state index in [4.69, 9.17) is 10.3 Å². The van der Waals surface area contributed by atoms with Crippen LogP contribution in [0.2, 0.25) is 0 Å². The van der Waals surface area contributed by atoms with E-state index in [1.165, 1.54) is 6.07 Å². The van der Waals surface area contributed by atoms with Gasteiger partial charge in [0.2, 0.25) is 0 Å². The monoisotopic (exact) mass is 242 g/mol. The number of benzene rings is 1. The average molecular weight is 242 g/mol. The van der Waals surface area contributed by atoms with Crippen molar-refractivity contribution >= 4 is 10.9 Å². The average Bonchev–Trinajstić information content (AvgIpc) is 2.85. The molecular weight excluding hydrogens is 233 g/mol. The van der Waals surface area contributed by atoms with Crippen LogP contribution in [-0.4, -0.2) is 5.16 Å². The first-order chi connectivity index (χ1) is 7.90. The van der Waals surface area contributed by atoms with Gasteiger partial charge >= 0.3 is 6.18 Å². The van der Waals surface area contributed by atoms with Crippen LogP contribution in [0.3, 0.4) is 0 Å². The molecule has 0 unspecified atom stereocenters. The van der Waals surface area contributed by atoms with Crippen LogP contribution in [0.4, 0.5) is 13.2 Å². The van der Waals surface area contributed by atoms with Crippen LogP contribution in [-0.2, 0) is 11.7 Å². The molecule has 1 aliphatic carbocycles. The fourth-order valence-corrected chi connectivity index (χ4v) is 1.84. The Labute approximate surface area is 94.4 Å². The second-order valence-electron chi connectivity index (χ2n) is 4.40. The maximum absolute atomic E-state index is 12.5. The van der Waals surface area contributed by atoms with E-state index in [2.05, 4.69) is 5.16 Å².